The molecule has 2 aromatic rings. The average Bonchev–Trinajstić information content (AvgIpc) is 2.68. The topological polar surface area (TPSA) is 49.4 Å². The zero-order valence-corrected chi connectivity index (χ0v) is 16.2. The van der Waals surface area contributed by atoms with Gasteiger partial charge < -0.3 is 20.3 Å². The molecule has 3 rings (SSSR count). The molecule has 1 aromatic heterocycles. The number of nitrogens with one attached hydrogen (secondary N) is 2. The van der Waals surface area contributed by atoms with Crippen molar-refractivity contribution in [3.8, 4) is 5.75 Å². The highest BCUT2D eigenvalue weighted by molar-refractivity contribution is 7.80. The molecule has 5 nitrogen and oxygen atoms in total. The van der Waals surface area contributed by atoms with Crippen molar-refractivity contribution in [1.82, 2.24) is 10.3 Å². The highest BCUT2D eigenvalue weighted by Crippen LogP contribution is 2.22. The number of ether oxygens (including phenoxy) is 1. The van der Waals surface area contributed by atoms with Crippen molar-refractivity contribution < 1.29 is 4.74 Å². The molecule has 0 bridgehead atoms. The van der Waals surface area contributed by atoms with Gasteiger partial charge in [0.25, 0.3) is 0 Å². The number of aromatic nitrogens is 1. The summed E-state index contributed by atoms with van der Waals surface area (Å²) < 4.78 is 5.16. The van der Waals surface area contributed by atoms with E-state index in [9.17, 15) is 0 Å². The summed E-state index contributed by atoms with van der Waals surface area (Å²) in [6.07, 6.45) is 4.32. The molecule has 1 aromatic carbocycles. The molecule has 26 heavy (non-hydrogen) atoms. The first-order valence-electron chi connectivity index (χ1n) is 9.03. The van der Waals surface area contributed by atoms with E-state index in [0.717, 1.165) is 41.8 Å². The third-order valence-corrected chi connectivity index (χ3v) is 4.97. The number of thiocarbonyl (C=S) groups is 1. The predicted molar refractivity (Wildman–Crippen MR) is 111 cm³/mol. The van der Waals surface area contributed by atoms with Crippen LogP contribution in [-0.2, 0) is 6.54 Å². The maximum absolute atomic E-state index is 5.37. The molecule has 1 fully saturated rings. The molecule has 6 heteroatoms. The monoisotopic (exact) mass is 370 g/mol. The third kappa shape index (κ3) is 5.08. The lowest BCUT2D eigenvalue weighted by Crippen LogP contribution is -2.33. The van der Waals surface area contributed by atoms with Crippen LogP contribution in [0, 0.1) is 5.92 Å². The van der Waals surface area contributed by atoms with E-state index in [1.807, 2.05) is 36.5 Å². The molecular weight excluding hydrogens is 344 g/mol. The van der Waals surface area contributed by atoms with E-state index in [2.05, 4.69) is 33.5 Å². The Balaban J connectivity index is 1.47. The van der Waals surface area contributed by atoms with Gasteiger partial charge in [0.05, 0.1) is 19.0 Å². The number of rotatable bonds is 5. The molecule has 0 spiro atoms. The van der Waals surface area contributed by atoms with Gasteiger partial charge in [-0.25, -0.2) is 4.98 Å². The fourth-order valence-corrected chi connectivity index (χ4v) is 3.18. The van der Waals surface area contributed by atoms with Crippen molar-refractivity contribution in [2.24, 2.45) is 5.92 Å². The first kappa shape index (κ1) is 18.5. The molecule has 1 aliphatic rings. The Morgan fingerprint density at radius 3 is 2.54 bits per heavy atom. The number of methoxy groups -OCH3 is 1. The Hall–Kier alpha value is -2.34. The molecule has 1 aliphatic heterocycles. The second-order valence-corrected chi connectivity index (χ2v) is 7.14. The zero-order valence-electron chi connectivity index (χ0n) is 15.4. The molecule has 0 aliphatic carbocycles. The van der Waals surface area contributed by atoms with Crippen LogP contribution >= 0.6 is 12.2 Å². The minimum absolute atomic E-state index is 0.585. The summed E-state index contributed by atoms with van der Waals surface area (Å²) in [6.45, 7) is 5.15. The minimum Gasteiger partial charge on any atom is -0.497 e. The summed E-state index contributed by atoms with van der Waals surface area (Å²) in [5.74, 6) is 2.71. The van der Waals surface area contributed by atoms with Gasteiger partial charge in [-0.1, -0.05) is 19.1 Å². The lowest BCUT2D eigenvalue weighted by atomic mass is 9.99. The van der Waals surface area contributed by atoms with Crippen molar-refractivity contribution >= 4 is 28.8 Å². The second-order valence-electron chi connectivity index (χ2n) is 6.73. The molecule has 0 unspecified atom stereocenters. The Kier molecular flexibility index (Phi) is 6.28. The SMILES string of the molecule is COc1ccc(CNC(=S)Nc2ccc(N3CCC(C)CC3)nc2)cc1. The molecule has 2 N–H and O–H groups in total. The summed E-state index contributed by atoms with van der Waals surface area (Å²) >= 11 is 5.37. The van der Waals surface area contributed by atoms with Crippen LogP contribution in [0.25, 0.3) is 0 Å². The van der Waals surface area contributed by atoms with E-state index in [1.54, 1.807) is 7.11 Å². The number of hydrogen-bond acceptors (Lipinski definition) is 4. The average molecular weight is 371 g/mol. The van der Waals surface area contributed by atoms with E-state index in [-0.39, 0.29) is 0 Å². The van der Waals surface area contributed by atoms with Crippen molar-refractivity contribution in [2.45, 2.75) is 26.3 Å². The van der Waals surface area contributed by atoms with E-state index >= 15 is 0 Å². The molecule has 0 amide bonds. The Morgan fingerprint density at radius 2 is 1.92 bits per heavy atom. The molecule has 0 radical (unpaired) electrons. The standard InChI is InChI=1S/C20H26N4OS/c1-15-9-11-24(12-10-15)19-8-5-17(14-21-19)23-20(26)22-13-16-3-6-18(25-2)7-4-16/h3-8,14-15H,9-13H2,1-2H3,(H2,22,23,26). The van der Waals surface area contributed by atoms with E-state index in [4.69, 9.17) is 17.0 Å². The second kappa shape index (κ2) is 8.85. The van der Waals surface area contributed by atoms with Gasteiger partial charge in [0, 0.05) is 19.6 Å². The summed E-state index contributed by atoms with van der Waals surface area (Å²) in [4.78, 5) is 6.93. The number of anilines is 2. The summed E-state index contributed by atoms with van der Waals surface area (Å²) in [6, 6.07) is 12.0. The Bertz CT molecular complexity index is 710. The van der Waals surface area contributed by atoms with Crippen molar-refractivity contribution in [3.05, 3.63) is 48.2 Å². The molecular formula is C20H26N4OS. The highest BCUT2D eigenvalue weighted by atomic mass is 32.1. The van der Waals surface area contributed by atoms with Crippen LogP contribution in [0.1, 0.15) is 25.3 Å². The van der Waals surface area contributed by atoms with Crippen LogP contribution < -0.4 is 20.3 Å². The minimum atomic E-state index is 0.585. The number of benzene rings is 1. The predicted octanol–water partition coefficient (Wildman–Crippen LogP) is 3.81. The van der Waals surface area contributed by atoms with Gasteiger partial charge in [-0.15, -0.1) is 0 Å². The van der Waals surface area contributed by atoms with E-state index < -0.39 is 0 Å². The largest absolute Gasteiger partial charge is 0.497 e. The lowest BCUT2D eigenvalue weighted by Gasteiger charge is -2.31. The maximum Gasteiger partial charge on any atom is 0.171 e. The summed E-state index contributed by atoms with van der Waals surface area (Å²) in [5, 5.41) is 6.98. The lowest BCUT2D eigenvalue weighted by molar-refractivity contribution is 0.414. The van der Waals surface area contributed by atoms with Gasteiger partial charge in [-0.2, -0.15) is 0 Å². The fourth-order valence-electron chi connectivity index (χ4n) is 2.99. The molecule has 0 atom stereocenters. The van der Waals surface area contributed by atoms with E-state index in [0.29, 0.717) is 11.7 Å². The number of pyridine rings is 1. The van der Waals surface area contributed by atoms with Crippen molar-refractivity contribution in [1.29, 1.82) is 0 Å². The van der Waals surface area contributed by atoms with Crippen molar-refractivity contribution in [3.63, 3.8) is 0 Å². The zero-order chi connectivity index (χ0) is 18.4. The third-order valence-electron chi connectivity index (χ3n) is 4.73. The quantitative estimate of drug-likeness (QED) is 0.781. The summed E-state index contributed by atoms with van der Waals surface area (Å²) in [7, 11) is 1.66. The highest BCUT2D eigenvalue weighted by Gasteiger charge is 2.16. The van der Waals surface area contributed by atoms with Gasteiger partial charge >= 0.3 is 0 Å². The van der Waals surface area contributed by atoms with Crippen LogP contribution in [0.3, 0.4) is 0 Å². The summed E-state index contributed by atoms with van der Waals surface area (Å²) in [5.41, 5.74) is 2.04. The molecule has 2 heterocycles. The fraction of sp³-hybridized carbons (Fsp3) is 0.400. The first-order valence-corrected chi connectivity index (χ1v) is 9.43. The molecule has 1 saturated heterocycles. The number of hydrogen-bond donors (Lipinski definition) is 2. The number of nitrogens with zero attached hydrogens (tertiary/aromatic N) is 2. The van der Waals surface area contributed by atoms with Crippen LogP contribution in [0.2, 0.25) is 0 Å². The van der Waals surface area contributed by atoms with Gasteiger partial charge in [0.15, 0.2) is 5.11 Å². The molecule has 0 saturated carbocycles. The van der Waals surface area contributed by atoms with Crippen molar-refractivity contribution in [2.75, 3.05) is 30.4 Å². The van der Waals surface area contributed by atoms with Crippen LogP contribution in [0.5, 0.6) is 5.75 Å². The van der Waals surface area contributed by atoms with Gasteiger partial charge in [0.1, 0.15) is 11.6 Å². The van der Waals surface area contributed by atoms with Crippen LogP contribution in [0.4, 0.5) is 11.5 Å². The van der Waals surface area contributed by atoms with Gasteiger partial charge in [0.2, 0.25) is 0 Å². The smallest absolute Gasteiger partial charge is 0.171 e. The van der Waals surface area contributed by atoms with Crippen LogP contribution in [-0.4, -0.2) is 30.3 Å². The van der Waals surface area contributed by atoms with Crippen LogP contribution in [0.15, 0.2) is 42.6 Å². The van der Waals surface area contributed by atoms with Gasteiger partial charge in [-0.05, 0) is 60.8 Å². The molecule has 138 valence electrons. The maximum atomic E-state index is 5.37. The first-order chi connectivity index (χ1) is 12.6. The number of piperidine rings is 1. The van der Waals surface area contributed by atoms with Gasteiger partial charge in [-0.3, -0.25) is 0 Å². The Morgan fingerprint density at radius 1 is 1.19 bits per heavy atom. The normalized spacial score (nSPS) is 14.8. The Labute approximate surface area is 160 Å². The van der Waals surface area contributed by atoms with E-state index in [1.165, 1.54) is 12.8 Å².